The molecule has 2 atom stereocenters. The highest BCUT2D eigenvalue weighted by atomic mass is 32.2. The van der Waals surface area contributed by atoms with Crippen LogP contribution in [-0.4, -0.2) is 52.0 Å². The number of ketones is 2. The fourth-order valence-corrected chi connectivity index (χ4v) is 4.78. The van der Waals surface area contributed by atoms with Gasteiger partial charge in [0.15, 0.2) is 11.6 Å². The molecule has 0 bridgehead atoms. The molecule has 6 nitrogen and oxygen atoms in total. The number of piperidine rings is 1. The lowest BCUT2D eigenvalue weighted by Gasteiger charge is -2.38. The van der Waals surface area contributed by atoms with Crippen molar-refractivity contribution < 1.29 is 19.2 Å². The van der Waals surface area contributed by atoms with Gasteiger partial charge in [-0.15, -0.1) is 11.3 Å². The number of carbonyl (C=O) groups is 4. The highest BCUT2D eigenvalue weighted by Crippen LogP contribution is 2.27. The van der Waals surface area contributed by atoms with Crippen molar-refractivity contribution in [3.05, 3.63) is 22.4 Å². The number of hydrogen-bond acceptors (Lipinski definition) is 7. The maximum absolute atomic E-state index is 12.2. The summed E-state index contributed by atoms with van der Waals surface area (Å²) in [6.45, 7) is 0.627. The predicted molar refractivity (Wildman–Crippen MR) is 96.6 cm³/mol. The predicted octanol–water partition coefficient (Wildman–Crippen LogP) is 1.85. The number of nitrogens with one attached hydrogen (secondary N) is 1. The van der Waals surface area contributed by atoms with E-state index in [1.807, 2.05) is 16.3 Å². The molecule has 1 aromatic heterocycles. The Morgan fingerprint density at radius 2 is 2.08 bits per heavy atom. The van der Waals surface area contributed by atoms with Crippen molar-refractivity contribution in [3.63, 3.8) is 0 Å². The molecule has 0 saturated carbocycles. The number of thiophene rings is 1. The van der Waals surface area contributed by atoms with E-state index in [9.17, 15) is 19.2 Å². The highest BCUT2D eigenvalue weighted by Gasteiger charge is 2.42. The van der Waals surface area contributed by atoms with Gasteiger partial charge in [-0.05, 0) is 30.7 Å². The van der Waals surface area contributed by atoms with Gasteiger partial charge in [-0.3, -0.25) is 24.1 Å². The zero-order valence-electron chi connectivity index (χ0n) is 13.7. The van der Waals surface area contributed by atoms with Crippen LogP contribution in [0.2, 0.25) is 0 Å². The van der Waals surface area contributed by atoms with Gasteiger partial charge in [0.25, 0.3) is 0 Å². The lowest BCUT2D eigenvalue weighted by molar-refractivity contribution is -0.133. The van der Waals surface area contributed by atoms with E-state index >= 15 is 0 Å². The van der Waals surface area contributed by atoms with Gasteiger partial charge in [-0.25, -0.2) is 0 Å². The van der Waals surface area contributed by atoms with Crippen molar-refractivity contribution in [2.24, 2.45) is 0 Å². The SMILES string of the molecule is O=C(CCC(=O)c1cccs1)NC1CCCCN1C1C(=O)CSC1=O. The average Bonchev–Trinajstić information content (AvgIpc) is 3.24. The van der Waals surface area contributed by atoms with Crippen molar-refractivity contribution in [2.45, 2.75) is 44.3 Å². The molecular weight excluding hydrogens is 360 g/mol. The van der Waals surface area contributed by atoms with E-state index in [4.69, 9.17) is 0 Å². The zero-order valence-corrected chi connectivity index (χ0v) is 15.4. The first-order valence-corrected chi connectivity index (χ1v) is 10.2. The van der Waals surface area contributed by atoms with Crippen molar-refractivity contribution in [3.8, 4) is 0 Å². The summed E-state index contributed by atoms with van der Waals surface area (Å²) in [6.07, 6.45) is 2.53. The van der Waals surface area contributed by atoms with E-state index in [1.54, 1.807) is 6.07 Å². The summed E-state index contributed by atoms with van der Waals surface area (Å²) >= 11 is 2.42. The van der Waals surface area contributed by atoms with Gasteiger partial charge in [0.2, 0.25) is 11.0 Å². The molecule has 1 amide bonds. The molecule has 8 heteroatoms. The molecule has 134 valence electrons. The molecule has 3 rings (SSSR count). The number of amides is 1. The smallest absolute Gasteiger partial charge is 0.221 e. The molecule has 2 saturated heterocycles. The number of rotatable bonds is 6. The number of hydrogen-bond donors (Lipinski definition) is 1. The summed E-state index contributed by atoms with van der Waals surface area (Å²) in [5.74, 6) is -0.115. The van der Waals surface area contributed by atoms with Crippen LogP contribution < -0.4 is 5.32 Å². The Morgan fingerprint density at radius 3 is 2.76 bits per heavy atom. The van der Waals surface area contributed by atoms with E-state index in [-0.39, 0.29) is 47.3 Å². The standard InChI is InChI=1S/C17H20N2O4S2/c20-11(13-4-3-9-24-13)6-7-15(22)18-14-5-1-2-8-19(14)16-12(21)10-25-17(16)23/h3-4,9,14,16H,1-2,5-8,10H2,(H,18,22). The molecule has 0 aromatic carbocycles. The number of nitrogens with zero attached hydrogens (tertiary/aromatic N) is 1. The topological polar surface area (TPSA) is 83.6 Å². The second-order valence-electron chi connectivity index (χ2n) is 6.19. The van der Waals surface area contributed by atoms with Gasteiger partial charge in [-0.1, -0.05) is 17.8 Å². The minimum Gasteiger partial charge on any atom is -0.341 e. The quantitative estimate of drug-likeness (QED) is 0.599. The Bertz CT molecular complexity index is 658. The first-order chi connectivity index (χ1) is 12.1. The number of likely N-dealkylation sites (tertiary alicyclic amines) is 1. The Balaban J connectivity index is 1.56. The van der Waals surface area contributed by atoms with Gasteiger partial charge in [-0.2, -0.15) is 0 Å². The largest absolute Gasteiger partial charge is 0.341 e. The normalized spacial score (nSPS) is 24.5. The Morgan fingerprint density at radius 1 is 1.24 bits per heavy atom. The van der Waals surface area contributed by atoms with Gasteiger partial charge in [0.05, 0.1) is 16.8 Å². The van der Waals surface area contributed by atoms with Crippen LogP contribution in [0.1, 0.15) is 41.8 Å². The lowest BCUT2D eigenvalue weighted by atomic mass is 10.0. The minimum atomic E-state index is -0.733. The first kappa shape index (κ1) is 18.3. The number of Topliss-reactive ketones (excluding diaryl/α,β-unsaturated/α-hetero) is 2. The second-order valence-corrected chi connectivity index (χ2v) is 8.12. The maximum atomic E-state index is 12.2. The molecule has 1 N–H and O–H groups in total. The van der Waals surface area contributed by atoms with Gasteiger partial charge in [0.1, 0.15) is 6.04 Å². The second kappa shape index (κ2) is 8.25. The van der Waals surface area contributed by atoms with Crippen molar-refractivity contribution in [1.29, 1.82) is 0 Å². The van der Waals surface area contributed by atoms with E-state index in [0.29, 0.717) is 17.8 Å². The molecule has 25 heavy (non-hydrogen) atoms. The van der Waals surface area contributed by atoms with Gasteiger partial charge < -0.3 is 5.32 Å². The number of thioether (sulfide) groups is 1. The van der Waals surface area contributed by atoms with Crippen LogP contribution in [0.15, 0.2) is 17.5 Å². The zero-order chi connectivity index (χ0) is 17.8. The molecule has 0 aliphatic carbocycles. The van der Waals surface area contributed by atoms with E-state index < -0.39 is 6.04 Å². The van der Waals surface area contributed by atoms with Gasteiger partial charge >= 0.3 is 0 Å². The maximum Gasteiger partial charge on any atom is 0.221 e. The number of carbonyl (C=O) groups excluding carboxylic acids is 4. The Kier molecular flexibility index (Phi) is 6.03. The molecule has 0 radical (unpaired) electrons. The van der Waals surface area contributed by atoms with E-state index in [0.717, 1.165) is 24.6 Å². The molecule has 0 spiro atoms. The van der Waals surface area contributed by atoms with Crippen LogP contribution in [0.3, 0.4) is 0 Å². The lowest BCUT2D eigenvalue weighted by Crippen LogP contribution is -2.57. The third kappa shape index (κ3) is 4.37. The third-order valence-corrected chi connectivity index (χ3v) is 6.31. The van der Waals surface area contributed by atoms with Crippen LogP contribution in [0.4, 0.5) is 0 Å². The molecular formula is C17H20N2O4S2. The summed E-state index contributed by atoms with van der Waals surface area (Å²) in [4.78, 5) is 50.8. The summed E-state index contributed by atoms with van der Waals surface area (Å²) in [5, 5.41) is 4.62. The summed E-state index contributed by atoms with van der Waals surface area (Å²) in [5.41, 5.74) is 0. The van der Waals surface area contributed by atoms with Crippen LogP contribution in [0.5, 0.6) is 0 Å². The average molecular weight is 380 g/mol. The monoisotopic (exact) mass is 380 g/mol. The van der Waals surface area contributed by atoms with Crippen molar-refractivity contribution in [2.75, 3.05) is 12.3 Å². The van der Waals surface area contributed by atoms with E-state index in [1.165, 1.54) is 11.3 Å². The van der Waals surface area contributed by atoms with Crippen molar-refractivity contribution in [1.82, 2.24) is 10.2 Å². The van der Waals surface area contributed by atoms with Crippen LogP contribution >= 0.6 is 23.1 Å². The highest BCUT2D eigenvalue weighted by molar-refractivity contribution is 8.15. The minimum absolute atomic E-state index is 0.0387. The van der Waals surface area contributed by atoms with E-state index in [2.05, 4.69) is 5.32 Å². The van der Waals surface area contributed by atoms with Gasteiger partial charge in [0, 0.05) is 19.4 Å². The molecule has 3 heterocycles. The first-order valence-electron chi connectivity index (χ1n) is 8.37. The van der Waals surface area contributed by atoms with Crippen LogP contribution in [0.25, 0.3) is 0 Å². The molecule has 2 fully saturated rings. The Hall–Kier alpha value is -1.51. The Labute approximate surface area is 154 Å². The van der Waals surface area contributed by atoms with Crippen LogP contribution in [0, 0.1) is 0 Å². The summed E-state index contributed by atoms with van der Waals surface area (Å²) in [7, 11) is 0. The van der Waals surface area contributed by atoms with Crippen molar-refractivity contribution >= 4 is 45.7 Å². The summed E-state index contributed by atoms with van der Waals surface area (Å²) in [6, 6.07) is 2.83. The fraction of sp³-hybridized carbons (Fsp3) is 0.529. The molecule has 2 aliphatic rings. The molecule has 1 aromatic rings. The summed E-state index contributed by atoms with van der Waals surface area (Å²) < 4.78 is 0. The molecule has 2 unspecified atom stereocenters. The molecule has 2 aliphatic heterocycles. The third-order valence-electron chi connectivity index (χ3n) is 4.46. The van der Waals surface area contributed by atoms with Crippen LogP contribution in [-0.2, 0) is 14.4 Å². The fourth-order valence-electron chi connectivity index (χ4n) is 3.22.